The zero-order valence-corrected chi connectivity index (χ0v) is 10.6. The second-order valence-electron chi connectivity index (χ2n) is 4.08. The van der Waals surface area contributed by atoms with Crippen LogP contribution >= 0.6 is 0 Å². The molecule has 0 aromatic heterocycles. The number of anilines is 1. The van der Waals surface area contributed by atoms with Gasteiger partial charge in [0, 0.05) is 12.7 Å². The van der Waals surface area contributed by atoms with Crippen molar-refractivity contribution in [2.45, 2.75) is 26.3 Å². The number of aliphatic hydroxyl groups is 1. The number of amides is 2. The number of likely N-dealkylation sites (N-methyl/N-ethyl adjacent to an activating group) is 1. The van der Waals surface area contributed by atoms with E-state index >= 15 is 0 Å². The smallest absolute Gasteiger partial charge is 0.321 e. The molecule has 0 saturated carbocycles. The van der Waals surface area contributed by atoms with Crippen molar-refractivity contribution in [1.82, 2.24) is 4.90 Å². The van der Waals surface area contributed by atoms with Crippen molar-refractivity contribution >= 4 is 11.7 Å². The van der Waals surface area contributed by atoms with Gasteiger partial charge in [-0.25, -0.2) is 4.79 Å². The number of rotatable bonds is 4. The molecule has 0 heterocycles. The van der Waals surface area contributed by atoms with Crippen LogP contribution in [0.25, 0.3) is 0 Å². The largest absolute Gasteiger partial charge is 0.394 e. The monoisotopic (exact) mass is 236 g/mol. The van der Waals surface area contributed by atoms with Crippen molar-refractivity contribution < 1.29 is 9.90 Å². The lowest BCUT2D eigenvalue weighted by molar-refractivity contribution is 0.166. The molecule has 0 spiro atoms. The van der Waals surface area contributed by atoms with Crippen LogP contribution < -0.4 is 5.32 Å². The number of hydrogen-bond acceptors (Lipinski definition) is 2. The number of benzene rings is 1. The van der Waals surface area contributed by atoms with Gasteiger partial charge in [0.05, 0.1) is 12.6 Å². The second kappa shape index (κ2) is 6.25. The van der Waals surface area contributed by atoms with Gasteiger partial charge in [-0.2, -0.15) is 0 Å². The quantitative estimate of drug-likeness (QED) is 0.841. The number of nitrogens with zero attached hydrogens (tertiary/aromatic N) is 1. The number of hydrogen-bond donors (Lipinski definition) is 2. The maximum absolute atomic E-state index is 11.9. The Morgan fingerprint density at radius 2 is 2.12 bits per heavy atom. The minimum atomic E-state index is -0.201. The third kappa shape index (κ3) is 3.46. The summed E-state index contributed by atoms with van der Waals surface area (Å²) < 4.78 is 0. The minimum Gasteiger partial charge on any atom is -0.394 e. The highest BCUT2D eigenvalue weighted by Gasteiger charge is 2.15. The Bertz CT molecular complexity index is 379. The Morgan fingerprint density at radius 1 is 1.47 bits per heavy atom. The maximum Gasteiger partial charge on any atom is 0.321 e. The van der Waals surface area contributed by atoms with E-state index in [-0.39, 0.29) is 18.7 Å². The number of aryl methyl sites for hydroxylation is 1. The molecule has 94 valence electrons. The predicted octanol–water partition coefficient (Wildman–Crippen LogP) is 2.09. The van der Waals surface area contributed by atoms with Gasteiger partial charge < -0.3 is 15.3 Å². The van der Waals surface area contributed by atoms with Gasteiger partial charge in [-0.15, -0.1) is 0 Å². The van der Waals surface area contributed by atoms with Crippen LogP contribution in [0.2, 0.25) is 0 Å². The first-order valence-corrected chi connectivity index (χ1v) is 5.82. The summed E-state index contributed by atoms with van der Waals surface area (Å²) in [6, 6.07) is 7.33. The predicted molar refractivity (Wildman–Crippen MR) is 69.1 cm³/mol. The summed E-state index contributed by atoms with van der Waals surface area (Å²) in [5.41, 5.74) is 1.93. The zero-order valence-electron chi connectivity index (χ0n) is 10.6. The molecule has 0 bridgehead atoms. The molecule has 1 aromatic rings. The Labute approximate surface area is 102 Å². The number of aliphatic hydroxyl groups excluding tert-OH is 1. The Balaban J connectivity index is 2.74. The third-order valence-corrected chi connectivity index (χ3v) is 2.89. The van der Waals surface area contributed by atoms with Gasteiger partial charge in [0.1, 0.15) is 0 Å². The Hall–Kier alpha value is -1.55. The van der Waals surface area contributed by atoms with Crippen molar-refractivity contribution in [3.05, 3.63) is 29.8 Å². The molecule has 0 aliphatic heterocycles. The fraction of sp³-hybridized carbons (Fsp3) is 0.462. The van der Waals surface area contributed by atoms with Crippen LogP contribution in [0, 0.1) is 0 Å². The van der Waals surface area contributed by atoms with E-state index in [2.05, 4.69) is 5.32 Å². The SMILES string of the molecule is CCc1ccccc1NC(=O)N(C)C(C)CO. The van der Waals surface area contributed by atoms with E-state index in [0.29, 0.717) is 0 Å². The molecule has 0 aliphatic carbocycles. The van der Waals surface area contributed by atoms with Gasteiger partial charge in [0.25, 0.3) is 0 Å². The fourth-order valence-corrected chi connectivity index (χ4v) is 1.48. The minimum absolute atomic E-state index is 0.0423. The highest BCUT2D eigenvalue weighted by Crippen LogP contribution is 2.16. The van der Waals surface area contributed by atoms with Crippen LogP contribution in [0.5, 0.6) is 0 Å². The van der Waals surface area contributed by atoms with E-state index in [1.54, 1.807) is 14.0 Å². The summed E-state index contributed by atoms with van der Waals surface area (Å²) >= 11 is 0. The van der Waals surface area contributed by atoms with Crippen molar-refractivity contribution in [2.24, 2.45) is 0 Å². The average molecular weight is 236 g/mol. The van der Waals surface area contributed by atoms with Crippen LogP contribution in [-0.4, -0.2) is 35.7 Å². The Kier molecular flexibility index (Phi) is 4.97. The van der Waals surface area contributed by atoms with Gasteiger partial charge in [0.15, 0.2) is 0 Å². The second-order valence-corrected chi connectivity index (χ2v) is 4.08. The van der Waals surface area contributed by atoms with Gasteiger partial charge >= 0.3 is 6.03 Å². The molecule has 0 aliphatic rings. The van der Waals surface area contributed by atoms with Crippen molar-refractivity contribution in [3.63, 3.8) is 0 Å². The number of nitrogens with one attached hydrogen (secondary N) is 1. The van der Waals surface area contributed by atoms with Gasteiger partial charge in [-0.05, 0) is 25.0 Å². The molecule has 1 unspecified atom stereocenters. The van der Waals surface area contributed by atoms with Crippen molar-refractivity contribution in [1.29, 1.82) is 0 Å². The lowest BCUT2D eigenvalue weighted by atomic mass is 10.1. The average Bonchev–Trinajstić information content (AvgIpc) is 2.37. The summed E-state index contributed by atoms with van der Waals surface area (Å²) in [5.74, 6) is 0. The van der Waals surface area contributed by atoms with E-state index in [4.69, 9.17) is 5.11 Å². The summed E-state index contributed by atoms with van der Waals surface area (Å²) in [6.07, 6.45) is 0.871. The summed E-state index contributed by atoms with van der Waals surface area (Å²) in [4.78, 5) is 13.4. The highest BCUT2D eigenvalue weighted by molar-refractivity contribution is 5.90. The number of urea groups is 1. The maximum atomic E-state index is 11.9. The van der Waals surface area contributed by atoms with E-state index in [9.17, 15) is 4.79 Å². The van der Waals surface area contributed by atoms with E-state index < -0.39 is 0 Å². The van der Waals surface area contributed by atoms with Gasteiger partial charge in [-0.3, -0.25) is 0 Å². The summed E-state index contributed by atoms with van der Waals surface area (Å²) in [7, 11) is 1.67. The molecule has 0 fully saturated rings. The van der Waals surface area contributed by atoms with E-state index in [1.165, 1.54) is 4.90 Å². The normalized spacial score (nSPS) is 12.0. The summed E-state index contributed by atoms with van der Waals surface area (Å²) in [5, 5.41) is 11.9. The standard InChI is InChI=1S/C13H20N2O2/c1-4-11-7-5-6-8-12(11)14-13(17)15(3)10(2)9-16/h5-8,10,16H,4,9H2,1-3H3,(H,14,17). The zero-order chi connectivity index (χ0) is 12.8. The summed E-state index contributed by atoms with van der Waals surface area (Å²) in [6.45, 7) is 3.80. The first kappa shape index (κ1) is 13.5. The van der Waals surface area contributed by atoms with Crippen LogP contribution in [0.15, 0.2) is 24.3 Å². The first-order chi connectivity index (χ1) is 8.10. The fourth-order valence-electron chi connectivity index (χ4n) is 1.48. The topological polar surface area (TPSA) is 52.6 Å². The van der Waals surface area contributed by atoms with Crippen LogP contribution in [0.4, 0.5) is 10.5 Å². The van der Waals surface area contributed by atoms with Crippen LogP contribution in [-0.2, 0) is 6.42 Å². The molecule has 2 N–H and O–H groups in total. The van der Waals surface area contributed by atoms with E-state index in [1.807, 2.05) is 31.2 Å². The molecular weight excluding hydrogens is 216 g/mol. The molecule has 17 heavy (non-hydrogen) atoms. The molecule has 4 nitrogen and oxygen atoms in total. The number of carbonyl (C=O) groups is 1. The van der Waals surface area contributed by atoms with E-state index in [0.717, 1.165) is 17.7 Å². The van der Waals surface area contributed by atoms with Crippen LogP contribution in [0.3, 0.4) is 0 Å². The molecule has 0 radical (unpaired) electrons. The van der Waals surface area contributed by atoms with Crippen molar-refractivity contribution in [3.8, 4) is 0 Å². The molecule has 1 atom stereocenters. The molecule has 0 saturated heterocycles. The molecular formula is C13H20N2O2. The molecule has 4 heteroatoms. The lowest BCUT2D eigenvalue weighted by Gasteiger charge is -2.24. The van der Waals surface area contributed by atoms with Crippen LogP contribution in [0.1, 0.15) is 19.4 Å². The highest BCUT2D eigenvalue weighted by atomic mass is 16.3. The van der Waals surface area contributed by atoms with Gasteiger partial charge in [-0.1, -0.05) is 25.1 Å². The van der Waals surface area contributed by atoms with Crippen molar-refractivity contribution in [2.75, 3.05) is 19.0 Å². The first-order valence-electron chi connectivity index (χ1n) is 5.82. The Morgan fingerprint density at radius 3 is 2.71 bits per heavy atom. The number of carbonyl (C=O) groups excluding carboxylic acids is 1. The molecule has 2 amide bonds. The number of para-hydroxylation sites is 1. The molecule has 1 aromatic carbocycles. The molecule has 1 rings (SSSR count). The third-order valence-electron chi connectivity index (χ3n) is 2.89. The van der Waals surface area contributed by atoms with Gasteiger partial charge in [0.2, 0.25) is 0 Å². The lowest BCUT2D eigenvalue weighted by Crippen LogP contribution is -2.40.